The van der Waals surface area contributed by atoms with Crippen LogP contribution in [0.3, 0.4) is 0 Å². The monoisotopic (exact) mass is 367 g/mol. The Balaban J connectivity index is 1.88. The number of hydrogen-bond acceptors (Lipinski definition) is 4. The topological polar surface area (TPSA) is 64.0 Å². The number of carbonyl (C=O) groups is 1. The summed E-state index contributed by atoms with van der Waals surface area (Å²) in [5, 5.41) is 3.14. The molecule has 1 N–H and O–H groups in total. The predicted octanol–water partition coefficient (Wildman–Crippen LogP) is 2.83. The second-order valence-electron chi connectivity index (χ2n) is 6.75. The van der Waals surface area contributed by atoms with Crippen molar-refractivity contribution in [3.8, 4) is 0 Å². The number of aromatic nitrogens is 2. The number of ketones is 1. The fraction of sp³-hybridized carbons (Fsp3) is 0.500. The number of nitrogens with one attached hydrogen (secondary N) is 1. The maximum Gasteiger partial charge on any atom is 0.416 e. The minimum absolute atomic E-state index is 0.0967. The first-order valence-corrected chi connectivity index (χ1v) is 8.58. The van der Waals surface area contributed by atoms with Crippen molar-refractivity contribution in [2.24, 2.45) is 0 Å². The molecule has 0 saturated carbocycles. The van der Waals surface area contributed by atoms with Crippen LogP contribution >= 0.6 is 0 Å². The number of nitrogens with zero attached hydrogens (tertiary/aromatic N) is 2. The summed E-state index contributed by atoms with van der Waals surface area (Å²) in [6, 6.07) is 1.87. The highest BCUT2D eigenvalue weighted by Crippen LogP contribution is 2.31. The molecular formula is C18H20F3N3O2. The lowest BCUT2D eigenvalue weighted by molar-refractivity contribution is -0.137. The molecule has 1 fully saturated rings. The Kier molecular flexibility index (Phi) is 5.13. The van der Waals surface area contributed by atoms with Gasteiger partial charge in [-0.3, -0.25) is 14.2 Å². The summed E-state index contributed by atoms with van der Waals surface area (Å²) in [6.45, 7) is 2.17. The summed E-state index contributed by atoms with van der Waals surface area (Å²) in [5.41, 5.74) is -1.02. The summed E-state index contributed by atoms with van der Waals surface area (Å²) < 4.78 is 40.1. The first kappa shape index (κ1) is 18.6. The van der Waals surface area contributed by atoms with Gasteiger partial charge in [0.05, 0.1) is 29.3 Å². The smallest absolute Gasteiger partial charge is 0.314 e. The molecule has 1 saturated heterocycles. The van der Waals surface area contributed by atoms with Crippen LogP contribution in [-0.2, 0) is 17.5 Å². The van der Waals surface area contributed by atoms with E-state index in [1.165, 1.54) is 13.3 Å². The van der Waals surface area contributed by atoms with Gasteiger partial charge in [0.1, 0.15) is 0 Å². The Hall–Kier alpha value is -2.22. The van der Waals surface area contributed by atoms with Crippen LogP contribution in [0, 0.1) is 6.92 Å². The average Bonchev–Trinajstić information content (AvgIpc) is 2.57. The zero-order valence-electron chi connectivity index (χ0n) is 14.4. The predicted molar refractivity (Wildman–Crippen MR) is 91.0 cm³/mol. The van der Waals surface area contributed by atoms with Crippen molar-refractivity contribution in [3.05, 3.63) is 39.9 Å². The molecule has 0 radical (unpaired) electrons. The van der Waals surface area contributed by atoms with Gasteiger partial charge in [-0.2, -0.15) is 13.2 Å². The Morgan fingerprint density at radius 2 is 2.12 bits per heavy atom. The van der Waals surface area contributed by atoms with Gasteiger partial charge >= 0.3 is 6.18 Å². The van der Waals surface area contributed by atoms with Crippen molar-refractivity contribution in [2.45, 2.75) is 51.4 Å². The Labute approximate surface area is 148 Å². The number of halogens is 3. The second-order valence-corrected chi connectivity index (χ2v) is 6.75. The van der Waals surface area contributed by atoms with E-state index >= 15 is 0 Å². The van der Waals surface area contributed by atoms with E-state index in [2.05, 4.69) is 10.3 Å². The van der Waals surface area contributed by atoms with E-state index in [9.17, 15) is 22.8 Å². The van der Waals surface area contributed by atoms with Crippen LogP contribution < -0.4 is 10.9 Å². The number of fused-ring (bicyclic) bond motifs is 1. The summed E-state index contributed by atoms with van der Waals surface area (Å²) in [6.07, 6.45) is 0.0318. The molecular weight excluding hydrogens is 347 g/mol. The highest BCUT2D eigenvalue weighted by molar-refractivity contribution is 5.83. The van der Waals surface area contributed by atoms with Gasteiger partial charge in [-0.05, 0) is 44.0 Å². The molecule has 0 aliphatic carbocycles. The number of carbonyl (C=O) groups excluding carboxylic acids is 1. The van der Waals surface area contributed by atoms with Gasteiger partial charge in [-0.25, -0.2) is 4.98 Å². The van der Waals surface area contributed by atoms with E-state index in [0.717, 1.165) is 42.5 Å². The lowest BCUT2D eigenvalue weighted by Gasteiger charge is -2.22. The number of alkyl halides is 3. The lowest BCUT2D eigenvalue weighted by atomic mass is 10.00. The molecule has 1 aromatic carbocycles. The van der Waals surface area contributed by atoms with Crippen molar-refractivity contribution >= 4 is 16.7 Å². The summed E-state index contributed by atoms with van der Waals surface area (Å²) in [7, 11) is 0. The van der Waals surface area contributed by atoms with Crippen LogP contribution in [0.25, 0.3) is 10.9 Å². The maximum atomic E-state index is 13.0. The van der Waals surface area contributed by atoms with Gasteiger partial charge in [0.2, 0.25) is 0 Å². The molecule has 1 aromatic heterocycles. The molecule has 140 valence electrons. The van der Waals surface area contributed by atoms with Gasteiger partial charge in [0, 0.05) is 12.5 Å². The molecule has 3 rings (SSSR count). The Morgan fingerprint density at radius 1 is 1.35 bits per heavy atom. The summed E-state index contributed by atoms with van der Waals surface area (Å²) in [4.78, 5) is 28.9. The zero-order valence-corrected chi connectivity index (χ0v) is 14.4. The van der Waals surface area contributed by atoms with Gasteiger partial charge in [-0.1, -0.05) is 6.42 Å². The molecule has 2 aromatic rings. The van der Waals surface area contributed by atoms with E-state index in [1.54, 1.807) is 0 Å². The molecule has 2 heterocycles. The van der Waals surface area contributed by atoms with Crippen LogP contribution in [0.15, 0.2) is 23.3 Å². The second kappa shape index (κ2) is 7.19. The summed E-state index contributed by atoms with van der Waals surface area (Å²) >= 11 is 0. The van der Waals surface area contributed by atoms with Crippen molar-refractivity contribution in [2.75, 3.05) is 6.54 Å². The first-order chi connectivity index (χ1) is 12.3. The third-order valence-electron chi connectivity index (χ3n) is 4.68. The highest BCUT2D eigenvalue weighted by Gasteiger charge is 2.31. The normalized spacial score (nSPS) is 18.2. The minimum Gasteiger partial charge on any atom is -0.314 e. The third kappa shape index (κ3) is 3.95. The van der Waals surface area contributed by atoms with E-state index in [1.807, 2.05) is 0 Å². The van der Waals surface area contributed by atoms with Gasteiger partial charge in [0.15, 0.2) is 5.78 Å². The standard InChI is InChI=1S/C18H20F3N3O2/c1-11-6-12(18(19,20)21)7-15-16(11)23-10-24(17(15)26)9-14(25)8-13-4-2-3-5-22-13/h6-7,10,13,22H,2-5,8-9H2,1H3/t13-/m0/s1. The SMILES string of the molecule is Cc1cc(C(F)(F)F)cc2c(=O)n(CC(=O)C[C@@H]3CCCCN3)cnc12. The van der Waals surface area contributed by atoms with Gasteiger partial charge < -0.3 is 5.32 Å². The molecule has 0 unspecified atom stereocenters. The molecule has 1 aliphatic rings. The number of Topliss-reactive ketones (excluding diaryl/α,β-unsaturated/α-hetero) is 1. The molecule has 1 aliphatic heterocycles. The number of aryl methyl sites for hydroxylation is 1. The summed E-state index contributed by atoms with van der Waals surface area (Å²) in [5.74, 6) is -0.142. The van der Waals surface area contributed by atoms with Gasteiger partial charge in [-0.15, -0.1) is 0 Å². The fourth-order valence-corrected chi connectivity index (χ4v) is 3.35. The lowest BCUT2D eigenvalue weighted by Crippen LogP contribution is -2.37. The molecule has 8 heteroatoms. The van der Waals surface area contributed by atoms with Crippen molar-refractivity contribution in [3.63, 3.8) is 0 Å². The third-order valence-corrected chi connectivity index (χ3v) is 4.68. The van der Waals surface area contributed by atoms with Crippen molar-refractivity contribution in [1.82, 2.24) is 14.9 Å². The van der Waals surface area contributed by atoms with E-state index in [0.29, 0.717) is 6.42 Å². The quantitative estimate of drug-likeness (QED) is 0.903. The van der Waals surface area contributed by atoms with E-state index in [-0.39, 0.29) is 34.8 Å². The zero-order chi connectivity index (χ0) is 18.9. The highest BCUT2D eigenvalue weighted by atomic mass is 19.4. The van der Waals surface area contributed by atoms with Crippen LogP contribution in [0.4, 0.5) is 13.2 Å². The first-order valence-electron chi connectivity index (χ1n) is 8.58. The average molecular weight is 367 g/mol. The fourth-order valence-electron chi connectivity index (χ4n) is 3.35. The van der Waals surface area contributed by atoms with Crippen molar-refractivity contribution < 1.29 is 18.0 Å². The molecule has 26 heavy (non-hydrogen) atoms. The molecule has 1 atom stereocenters. The maximum absolute atomic E-state index is 13.0. The molecule has 5 nitrogen and oxygen atoms in total. The van der Waals surface area contributed by atoms with E-state index < -0.39 is 17.3 Å². The number of hydrogen-bond donors (Lipinski definition) is 1. The van der Waals surface area contributed by atoms with Gasteiger partial charge in [0.25, 0.3) is 5.56 Å². The van der Waals surface area contributed by atoms with Crippen LogP contribution in [0.1, 0.15) is 36.8 Å². The molecule has 0 amide bonds. The molecule has 0 bridgehead atoms. The van der Waals surface area contributed by atoms with Crippen LogP contribution in [-0.4, -0.2) is 27.9 Å². The Morgan fingerprint density at radius 3 is 2.77 bits per heavy atom. The molecule has 0 spiro atoms. The van der Waals surface area contributed by atoms with Crippen molar-refractivity contribution in [1.29, 1.82) is 0 Å². The number of piperidine rings is 1. The largest absolute Gasteiger partial charge is 0.416 e. The minimum atomic E-state index is -4.55. The number of rotatable bonds is 4. The Bertz CT molecular complexity index is 884. The van der Waals surface area contributed by atoms with Crippen LogP contribution in [0.2, 0.25) is 0 Å². The van der Waals surface area contributed by atoms with E-state index in [4.69, 9.17) is 0 Å². The van der Waals surface area contributed by atoms with Crippen LogP contribution in [0.5, 0.6) is 0 Å². The number of benzene rings is 1.